The van der Waals surface area contributed by atoms with Crippen molar-refractivity contribution in [3.8, 4) is 11.5 Å². The van der Waals surface area contributed by atoms with Gasteiger partial charge in [-0.05, 0) is 32.9 Å². The maximum absolute atomic E-state index is 12.3. The highest BCUT2D eigenvalue weighted by atomic mass is 16.5. The summed E-state index contributed by atoms with van der Waals surface area (Å²) in [5, 5.41) is 3.10. The van der Waals surface area contributed by atoms with Gasteiger partial charge in [-0.3, -0.25) is 4.79 Å². The van der Waals surface area contributed by atoms with E-state index in [4.69, 9.17) is 9.47 Å². The van der Waals surface area contributed by atoms with Crippen LogP contribution >= 0.6 is 0 Å². The molecule has 1 aliphatic heterocycles. The van der Waals surface area contributed by atoms with Crippen molar-refractivity contribution in [2.24, 2.45) is 5.92 Å². The second-order valence-corrected chi connectivity index (χ2v) is 7.59. The summed E-state index contributed by atoms with van der Waals surface area (Å²) in [5.74, 6) is 1.93. The van der Waals surface area contributed by atoms with Gasteiger partial charge in [-0.15, -0.1) is 0 Å². The van der Waals surface area contributed by atoms with Crippen LogP contribution in [-0.4, -0.2) is 38.8 Å². The molecule has 1 saturated heterocycles. The van der Waals surface area contributed by atoms with Gasteiger partial charge in [0.05, 0.1) is 32.9 Å². The highest BCUT2D eigenvalue weighted by molar-refractivity contribution is 5.79. The van der Waals surface area contributed by atoms with Crippen LogP contribution in [0.1, 0.15) is 39.2 Å². The predicted molar refractivity (Wildman–Crippen MR) is 94.6 cm³/mol. The fourth-order valence-electron chi connectivity index (χ4n) is 3.30. The van der Waals surface area contributed by atoms with Crippen molar-refractivity contribution in [1.82, 2.24) is 5.32 Å². The number of piperidine rings is 1. The standard InChI is InChI=1S/C19H30N2O3/c1-19(2,3)20-18(22)14-9-11-21(12-10-14)13-15-7-6-8-16(23-4)17(15)24-5/h6-8,14H,9-13H2,1-5H3,(H,20,22)/p+1. The molecule has 134 valence electrons. The number of hydrogen-bond donors (Lipinski definition) is 2. The number of hydrogen-bond acceptors (Lipinski definition) is 3. The number of carbonyl (C=O) groups excluding carboxylic acids is 1. The number of amides is 1. The number of likely N-dealkylation sites (tertiary alicyclic amines) is 1. The fraction of sp³-hybridized carbons (Fsp3) is 0.632. The summed E-state index contributed by atoms with van der Waals surface area (Å²) in [5.41, 5.74) is 0.999. The van der Waals surface area contributed by atoms with E-state index in [0.717, 1.165) is 49.5 Å². The Hall–Kier alpha value is -1.75. The average Bonchev–Trinajstić information content (AvgIpc) is 2.53. The zero-order valence-corrected chi connectivity index (χ0v) is 15.6. The van der Waals surface area contributed by atoms with Crippen LogP contribution in [0.2, 0.25) is 0 Å². The first-order chi connectivity index (χ1) is 11.3. The third kappa shape index (κ3) is 4.87. The Morgan fingerprint density at radius 3 is 2.42 bits per heavy atom. The first kappa shape index (κ1) is 18.6. The van der Waals surface area contributed by atoms with Gasteiger partial charge in [-0.2, -0.15) is 0 Å². The number of ether oxygens (including phenoxy) is 2. The Morgan fingerprint density at radius 1 is 1.21 bits per heavy atom. The van der Waals surface area contributed by atoms with E-state index in [1.165, 1.54) is 4.90 Å². The summed E-state index contributed by atoms with van der Waals surface area (Å²) in [6.45, 7) is 8.99. The lowest BCUT2D eigenvalue weighted by Gasteiger charge is -2.31. The van der Waals surface area contributed by atoms with Crippen LogP contribution in [0.4, 0.5) is 0 Å². The van der Waals surface area contributed by atoms with Crippen LogP contribution in [0.5, 0.6) is 11.5 Å². The molecule has 0 radical (unpaired) electrons. The number of benzene rings is 1. The molecule has 0 saturated carbocycles. The topological polar surface area (TPSA) is 52.0 Å². The van der Waals surface area contributed by atoms with Crippen LogP contribution in [0.3, 0.4) is 0 Å². The molecule has 1 fully saturated rings. The SMILES string of the molecule is COc1cccc(C[NH+]2CCC(C(=O)NC(C)(C)C)CC2)c1OC. The number of carbonyl (C=O) groups is 1. The number of nitrogens with one attached hydrogen (secondary N) is 2. The van der Waals surface area contributed by atoms with Gasteiger partial charge < -0.3 is 19.7 Å². The molecule has 0 atom stereocenters. The van der Waals surface area contributed by atoms with E-state index in [1.807, 2.05) is 32.9 Å². The molecule has 2 N–H and O–H groups in total. The van der Waals surface area contributed by atoms with Crippen LogP contribution in [-0.2, 0) is 11.3 Å². The van der Waals surface area contributed by atoms with E-state index in [9.17, 15) is 4.79 Å². The second kappa shape index (κ2) is 7.88. The summed E-state index contributed by atoms with van der Waals surface area (Å²) in [6, 6.07) is 6.01. The molecule has 1 aliphatic rings. The van der Waals surface area contributed by atoms with E-state index in [1.54, 1.807) is 14.2 Å². The Bertz CT molecular complexity index is 558. The van der Waals surface area contributed by atoms with Gasteiger partial charge >= 0.3 is 0 Å². The van der Waals surface area contributed by atoms with Crippen molar-refractivity contribution in [1.29, 1.82) is 0 Å². The van der Waals surface area contributed by atoms with Crippen LogP contribution in [0.15, 0.2) is 18.2 Å². The number of rotatable bonds is 5. The molecule has 1 aromatic rings. The fourth-order valence-corrected chi connectivity index (χ4v) is 3.30. The number of methoxy groups -OCH3 is 2. The Balaban J connectivity index is 1.93. The normalized spacial score (nSPS) is 21.2. The maximum atomic E-state index is 12.3. The lowest BCUT2D eigenvalue weighted by Crippen LogP contribution is -3.11. The van der Waals surface area contributed by atoms with Crippen LogP contribution < -0.4 is 19.7 Å². The van der Waals surface area contributed by atoms with Gasteiger partial charge in [0.2, 0.25) is 5.91 Å². The molecular weight excluding hydrogens is 304 g/mol. The molecule has 24 heavy (non-hydrogen) atoms. The number of quaternary nitrogens is 1. The molecule has 0 aliphatic carbocycles. The molecule has 0 aromatic heterocycles. The lowest BCUT2D eigenvalue weighted by molar-refractivity contribution is -0.919. The van der Waals surface area contributed by atoms with E-state index in [0.29, 0.717) is 0 Å². The first-order valence-electron chi connectivity index (χ1n) is 8.69. The molecular formula is C19H31N2O3+. The maximum Gasteiger partial charge on any atom is 0.223 e. The summed E-state index contributed by atoms with van der Waals surface area (Å²) >= 11 is 0. The summed E-state index contributed by atoms with van der Waals surface area (Å²) in [4.78, 5) is 13.8. The number of para-hydroxylation sites is 1. The second-order valence-electron chi connectivity index (χ2n) is 7.59. The van der Waals surface area contributed by atoms with Crippen molar-refractivity contribution < 1.29 is 19.2 Å². The summed E-state index contributed by atoms with van der Waals surface area (Å²) in [7, 11) is 3.34. The van der Waals surface area contributed by atoms with E-state index in [2.05, 4.69) is 11.4 Å². The van der Waals surface area contributed by atoms with E-state index in [-0.39, 0.29) is 17.4 Å². The van der Waals surface area contributed by atoms with Crippen molar-refractivity contribution in [2.75, 3.05) is 27.3 Å². The molecule has 0 unspecified atom stereocenters. The average molecular weight is 335 g/mol. The van der Waals surface area contributed by atoms with Crippen molar-refractivity contribution in [2.45, 2.75) is 45.7 Å². The van der Waals surface area contributed by atoms with Gasteiger partial charge in [-0.1, -0.05) is 6.07 Å². The molecule has 5 heteroatoms. The largest absolute Gasteiger partial charge is 0.493 e. The monoisotopic (exact) mass is 335 g/mol. The molecule has 0 bridgehead atoms. The van der Waals surface area contributed by atoms with Gasteiger partial charge in [0.25, 0.3) is 0 Å². The summed E-state index contributed by atoms with van der Waals surface area (Å²) < 4.78 is 10.9. The zero-order chi connectivity index (χ0) is 17.7. The van der Waals surface area contributed by atoms with E-state index < -0.39 is 0 Å². The molecule has 2 rings (SSSR count). The summed E-state index contributed by atoms with van der Waals surface area (Å²) in [6.07, 6.45) is 1.87. The Kier molecular flexibility index (Phi) is 6.10. The van der Waals surface area contributed by atoms with Gasteiger partial charge in [-0.25, -0.2) is 0 Å². The minimum Gasteiger partial charge on any atom is -0.493 e. The molecule has 1 heterocycles. The minimum atomic E-state index is -0.158. The third-order valence-corrected chi connectivity index (χ3v) is 4.49. The van der Waals surface area contributed by atoms with E-state index >= 15 is 0 Å². The van der Waals surface area contributed by atoms with Crippen molar-refractivity contribution >= 4 is 5.91 Å². The molecule has 0 spiro atoms. The smallest absolute Gasteiger partial charge is 0.223 e. The molecule has 1 amide bonds. The van der Waals surface area contributed by atoms with Crippen molar-refractivity contribution in [3.05, 3.63) is 23.8 Å². The lowest BCUT2D eigenvalue weighted by atomic mass is 9.94. The zero-order valence-electron chi connectivity index (χ0n) is 15.6. The van der Waals surface area contributed by atoms with Crippen LogP contribution in [0.25, 0.3) is 0 Å². The molecule has 5 nitrogen and oxygen atoms in total. The Labute approximate surface area is 145 Å². The van der Waals surface area contributed by atoms with Gasteiger partial charge in [0.15, 0.2) is 11.5 Å². The highest BCUT2D eigenvalue weighted by Crippen LogP contribution is 2.30. The van der Waals surface area contributed by atoms with Crippen molar-refractivity contribution in [3.63, 3.8) is 0 Å². The predicted octanol–water partition coefficient (Wildman–Crippen LogP) is 1.41. The van der Waals surface area contributed by atoms with Gasteiger partial charge in [0.1, 0.15) is 6.54 Å². The Morgan fingerprint density at radius 2 is 1.88 bits per heavy atom. The minimum absolute atomic E-state index is 0.139. The third-order valence-electron chi connectivity index (χ3n) is 4.49. The highest BCUT2D eigenvalue weighted by Gasteiger charge is 2.29. The van der Waals surface area contributed by atoms with Crippen LogP contribution in [0, 0.1) is 5.92 Å². The quantitative estimate of drug-likeness (QED) is 0.855. The molecule has 1 aromatic carbocycles. The van der Waals surface area contributed by atoms with Gasteiger partial charge in [0, 0.05) is 24.3 Å². The first-order valence-corrected chi connectivity index (χ1v) is 8.69.